The fourth-order valence-electron chi connectivity index (χ4n) is 1.82. The van der Waals surface area contributed by atoms with Crippen LogP contribution in [0.4, 0.5) is 0 Å². The topological polar surface area (TPSA) is 37.3 Å². The smallest absolute Gasteiger partial charge is 0.306 e. The normalized spacial score (nSPS) is 12.3. The van der Waals surface area contributed by atoms with Gasteiger partial charge >= 0.3 is 5.97 Å². The zero-order valence-corrected chi connectivity index (χ0v) is 12.1. The second-order valence-electron chi connectivity index (χ2n) is 4.17. The fourth-order valence-corrected chi connectivity index (χ4v) is 2.69. The third kappa shape index (κ3) is 5.32. The molecule has 1 rings (SSSR count). The monoisotopic (exact) mass is 286 g/mol. The maximum absolute atomic E-state index is 11.2. The summed E-state index contributed by atoms with van der Waals surface area (Å²) in [5.74, 6) is 1.06. The van der Waals surface area contributed by atoms with Crippen molar-refractivity contribution in [2.45, 2.75) is 26.2 Å². The van der Waals surface area contributed by atoms with Gasteiger partial charge in [0.25, 0.3) is 0 Å². The molecular weight excluding hydrogens is 268 g/mol. The molecule has 100 valence electrons. The van der Waals surface area contributed by atoms with Crippen molar-refractivity contribution in [2.75, 3.05) is 11.5 Å². The Balaban J connectivity index is 2.53. The lowest BCUT2D eigenvalue weighted by Crippen LogP contribution is -2.17. The first kappa shape index (κ1) is 15.4. The molecule has 0 aliphatic rings. The van der Waals surface area contributed by atoms with Gasteiger partial charge < -0.3 is 5.11 Å². The molecule has 0 bridgehead atoms. The predicted octanol–water partition coefficient (Wildman–Crippen LogP) is 4.12. The van der Waals surface area contributed by atoms with E-state index < -0.39 is 5.97 Å². The van der Waals surface area contributed by atoms with Crippen LogP contribution < -0.4 is 0 Å². The Labute approximate surface area is 118 Å². The maximum atomic E-state index is 11.2. The van der Waals surface area contributed by atoms with Gasteiger partial charge in [0.05, 0.1) is 5.92 Å². The van der Waals surface area contributed by atoms with Crippen molar-refractivity contribution in [1.29, 1.82) is 0 Å². The van der Waals surface area contributed by atoms with Gasteiger partial charge in [0.1, 0.15) is 0 Å². The van der Waals surface area contributed by atoms with E-state index in [2.05, 4.69) is 6.92 Å². The molecule has 1 aromatic carbocycles. The Morgan fingerprint density at radius 3 is 2.78 bits per heavy atom. The summed E-state index contributed by atoms with van der Waals surface area (Å²) in [5.41, 5.74) is 0.926. The molecule has 0 saturated heterocycles. The second-order valence-corrected chi connectivity index (χ2v) is 5.97. The minimum absolute atomic E-state index is 0.331. The number of hydrogen-bond acceptors (Lipinski definition) is 2. The number of carbonyl (C=O) groups is 1. The van der Waals surface area contributed by atoms with Crippen LogP contribution in [0.2, 0.25) is 5.02 Å². The third-order valence-electron chi connectivity index (χ3n) is 2.82. The van der Waals surface area contributed by atoms with E-state index in [1.165, 1.54) is 0 Å². The van der Waals surface area contributed by atoms with Gasteiger partial charge in [-0.05, 0) is 42.4 Å². The van der Waals surface area contributed by atoms with Crippen LogP contribution in [0.25, 0.3) is 0 Å². The molecule has 0 aromatic heterocycles. The van der Waals surface area contributed by atoms with E-state index in [0.717, 1.165) is 23.5 Å². The molecule has 1 atom stereocenters. The average molecular weight is 287 g/mol. The van der Waals surface area contributed by atoms with E-state index in [0.29, 0.717) is 17.9 Å². The molecule has 0 fully saturated rings. The highest BCUT2D eigenvalue weighted by atomic mass is 35.5. The van der Waals surface area contributed by atoms with E-state index in [1.54, 1.807) is 0 Å². The second kappa shape index (κ2) is 8.44. The van der Waals surface area contributed by atoms with E-state index in [9.17, 15) is 9.90 Å². The lowest BCUT2D eigenvalue weighted by molar-refractivity contribution is -0.141. The summed E-state index contributed by atoms with van der Waals surface area (Å²) in [6, 6.07) is 7.47. The zero-order chi connectivity index (χ0) is 13.4. The summed E-state index contributed by atoms with van der Waals surface area (Å²) < 4.78 is 0. The number of rotatable bonds is 8. The Kier molecular flexibility index (Phi) is 7.21. The van der Waals surface area contributed by atoms with Crippen molar-refractivity contribution in [2.24, 2.45) is 5.92 Å². The number of halogens is 1. The molecule has 0 aliphatic carbocycles. The fraction of sp³-hybridized carbons (Fsp3) is 0.500. The number of carboxylic acids is 1. The van der Waals surface area contributed by atoms with Gasteiger partial charge in [0, 0.05) is 5.02 Å². The lowest BCUT2D eigenvalue weighted by Gasteiger charge is -2.13. The summed E-state index contributed by atoms with van der Waals surface area (Å²) in [7, 11) is 0. The molecule has 1 N–H and O–H groups in total. The van der Waals surface area contributed by atoms with Gasteiger partial charge in [0.15, 0.2) is 0 Å². The summed E-state index contributed by atoms with van der Waals surface area (Å²) in [5, 5.41) is 9.89. The number of thioether (sulfide) groups is 1. The number of benzene rings is 1. The molecule has 0 aliphatic heterocycles. The molecule has 1 unspecified atom stereocenters. The first-order chi connectivity index (χ1) is 8.65. The van der Waals surface area contributed by atoms with Gasteiger partial charge in [0.2, 0.25) is 0 Å². The summed E-state index contributed by atoms with van der Waals surface area (Å²) in [6.45, 7) is 2.11. The average Bonchev–Trinajstić information content (AvgIpc) is 2.35. The van der Waals surface area contributed by atoms with Crippen LogP contribution >= 0.6 is 23.4 Å². The molecule has 18 heavy (non-hydrogen) atoms. The lowest BCUT2D eigenvalue weighted by atomic mass is 9.95. The van der Waals surface area contributed by atoms with Gasteiger partial charge in [-0.2, -0.15) is 11.8 Å². The Morgan fingerprint density at radius 1 is 1.44 bits per heavy atom. The van der Waals surface area contributed by atoms with Crippen LogP contribution in [-0.2, 0) is 11.2 Å². The minimum atomic E-state index is -0.726. The molecule has 4 heteroatoms. The van der Waals surface area contributed by atoms with Crippen LogP contribution in [0.5, 0.6) is 0 Å². The van der Waals surface area contributed by atoms with E-state index in [-0.39, 0.29) is 5.92 Å². The third-order valence-corrected chi connectivity index (χ3v) is 4.17. The van der Waals surface area contributed by atoms with Crippen LogP contribution in [0.15, 0.2) is 24.3 Å². The Bertz CT molecular complexity index is 382. The molecule has 2 nitrogen and oxygen atoms in total. The standard InChI is InChI=1S/C14H19ClO2S/c1-2-18-9-5-7-12(14(16)17)10-11-6-3-4-8-13(11)15/h3-4,6,8,12H,2,5,7,9-10H2,1H3,(H,16,17). The Morgan fingerprint density at radius 2 is 2.17 bits per heavy atom. The van der Waals surface area contributed by atoms with Crippen LogP contribution in [0.3, 0.4) is 0 Å². The largest absolute Gasteiger partial charge is 0.481 e. The van der Waals surface area contributed by atoms with Crippen molar-refractivity contribution in [1.82, 2.24) is 0 Å². The van der Waals surface area contributed by atoms with Gasteiger partial charge in [-0.25, -0.2) is 0 Å². The highest BCUT2D eigenvalue weighted by Gasteiger charge is 2.18. The van der Waals surface area contributed by atoms with Crippen LogP contribution in [-0.4, -0.2) is 22.6 Å². The zero-order valence-electron chi connectivity index (χ0n) is 10.6. The predicted molar refractivity (Wildman–Crippen MR) is 78.5 cm³/mol. The molecule has 0 heterocycles. The van der Waals surface area contributed by atoms with Crippen LogP contribution in [0.1, 0.15) is 25.3 Å². The van der Waals surface area contributed by atoms with Crippen molar-refractivity contribution < 1.29 is 9.90 Å². The molecule has 1 aromatic rings. The first-order valence-corrected chi connectivity index (χ1v) is 7.72. The highest BCUT2D eigenvalue weighted by Crippen LogP contribution is 2.22. The van der Waals surface area contributed by atoms with E-state index in [1.807, 2.05) is 36.0 Å². The van der Waals surface area contributed by atoms with Gasteiger partial charge in [-0.3, -0.25) is 4.79 Å². The number of carboxylic acid groups (broad SMARTS) is 1. The molecule has 0 radical (unpaired) electrons. The van der Waals surface area contributed by atoms with Crippen molar-refractivity contribution >= 4 is 29.3 Å². The van der Waals surface area contributed by atoms with Gasteiger partial charge in [-0.15, -0.1) is 0 Å². The summed E-state index contributed by atoms with van der Waals surface area (Å²) in [6.07, 6.45) is 2.18. The molecule has 0 amide bonds. The van der Waals surface area contributed by atoms with Gasteiger partial charge in [-0.1, -0.05) is 36.7 Å². The summed E-state index contributed by atoms with van der Waals surface area (Å²) in [4.78, 5) is 11.2. The van der Waals surface area contributed by atoms with Crippen molar-refractivity contribution in [3.63, 3.8) is 0 Å². The molecule has 0 spiro atoms. The summed E-state index contributed by atoms with van der Waals surface area (Å²) >= 11 is 7.91. The maximum Gasteiger partial charge on any atom is 0.306 e. The number of hydrogen-bond donors (Lipinski definition) is 1. The number of aliphatic carboxylic acids is 1. The van der Waals surface area contributed by atoms with Crippen LogP contribution in [0, 0.1) is 5.92 Å². The van der Waals surface area contributed by atoms with E-state index >= 15 is 0 Å². The van der Waals surface area contributed by atoms with Crippen molar-refractivity contribution in [3.05, 3.63) is 34.9 Å². The van der Waals surface area contributed by atoms with E-state index in [4.69, 9.17) is 11.6 Å². The Hall–Kier alpha value is -0.670. The first-order valence-electron chi connectivity index (χ1n) is 6.19. The quantitative estimate of drug-likeness (QED) is 0.731. The van der Waals surface area contributed by atoms with Crippen molar-refractivity contribution in [3.8, 4) is 0 Å². The molecular formula is C14H19ClO2S. The molecule has 0 saturated carbocycles. The highest BCUT2D eigenvalue weighted by molar-refractivity contribution is 7.99. The minimum Gasteiger partial charge on any atom is -0.481 e. The SMILES string of the molecule is CCSCCCC(Cc1ccccc1Cl)C(=O)O.